The number of nitrogens with zero attached hydrogens (tertiary/aromatic N) is 3. The minimum atomic E-state index is 0.205. The molecular formula is C13H14ClN3O2. The van der Waals surface area contributed by atoms with E-state index in [0.29, 0.717) is 28.4 Å². The smallest absolute Gasteiger partial charge is 0.165 e. The van der Waals surface area contributed by atoms with E-state index in [4.69, 9.17) is 16.3 Å². The summed E-state index contributed by atoms with van der Waals surface area (Å²) in [6, 6.07) is 5.12. The van der Waals surface area contributed by atoms with Gasteiger partial charge < -0.3 is 4.74 Å². The summed E-state index contributed by atoms with van der Waals surface area (Å²) >= 11 is 5.82. The van der Waals surface area contributed by atoms with Gasteiger partial charge in [0.25, 0.3) is 0 Å². The molecule has 0 spiro atoms. The van der Waals surface area contributed by atoms with Crippen molar-refractivity contribution in [1.82, 2.24) is 14.8 Å². The maximum absolute atomic E-state index is 10.9. The zero-order valence-corrected chi connectivity index (χ0v) is 11.5. The maximum Gasteiger partial charge on any atom is 0.165 e. The summed E-state index contributed by atoms with van der Waals surface area (Å²) in [6.07, 6.45) is 2.20. The highest BCUT2D eigenvalue weighted by Crippen LogP contribution is 2.22. The molecule has 0 N–H and O–H groups in total. The fraction of sp³-hybridized carbons (Fsp3) is 0.308. The van der Waals surface area contributed by atoms with Gasteiger partial charge in [-0.05, 0) is 32.0 Å². The normalized spacial score (nSPS) is 10.7. The van der Waals surface area contributed by atoms with Crippen molar-refractivity contribution in [2.75, 3.05) is 0 Å². The molecule has 1 aromatic heterocycles. The number of carbonyl (C=O) groups is 1. The van der Waals surface area contributed by atoms with Crippen molar-refractivity contribution in [3.8, 4) is 5.75 Å². The van der Waals surface area contributed by atoms with Gasteiger partial charge in [0, 0.05) is 11.1 Å². The molecule has 1 aromatic carbocycles. The van der Waals surface area contributed by atoms with E-state index in [1.807, 2.05) is 13.8 Å². The van der Waals surface area contributed by atoms with Gasteiger partial charge in [0.15, 0.2) is 12.1 Å². The van der Waals surface area contributed by atoms with Crippen molar-refractivity contribution < 1.29 is 9.53 Å². The summed E-state index contributed by atoms with van der Waals surface area (Å²) in [5, 5.41) is 4.62. The van der Waals surface area contributed by atoms with E-state index in [1.54, 1.807) is 22.9 Å². The van der Waals surface area contributed by atoms with Gasteiger partial charge in [0.05, 0.1) is 5.56 Å². The molecule has 19 heavy (non-hydrogen) atoms. The molecule has 0 unspecified atom stereocenters. The number of hydrogen-bond donors (Lipinski definition) is 0. The van der Waals surface area contributed by atoms with Crippen LogP contribution in [0.5, 0.6) is 5.75 Å². The molecule has 0 aliphatic rings. The highest BCUT2D eigenvalue weighted by molar-refractivity contribution is 6.30. The molecule has 6 heteroatoms. The first kappa shape index (κ1) is 13.5. The van der Waals surface area contributed by atoms with Crippen LogP contribution in [0, 0.1) is 0 Å². The van der Waals surface area contributed by atoms with Crippen molar-refractivity contribution in [3.05, 3.63) is 40.9 Å². The van der Waals surface area contributed by atoms with Crippen LogP contribution in [0.3, 0.4) is 0 Å². The quantitative estimate of drug-likeness (QED) is 0.790. The first-order valence-corrected chi connectivity index (χ1v) is 6.25. The number of carbonyl (C=O) groups excluding carboxylic acids is 1. The molecular weight excluding hydrogens is 266 g/mol. The molecule has 0 amide bonds. The number of benzene rings is 1. The minimum absolute atomic E-state index is 0.205. The lowest BCUT2D eigenvalue weighted by atomic mass is 10.2. The third kappa shape index (κ3) is 3.12. The standard InChI is InChI=1S/C13H14ClN3O2/c1-9(2)17-13(15-8-16-17)7-19-12-4-3-11(14)5-10(12)6-18/h3-6,8-9H,7H2,1-2H3. The maximum atomic E-state index is 10.9. The summed E-state index contributed by atoms with van der Waals surface area (Å²) in [5.41, 5.74) is 0.420. The minimum Gasteiger partial charge on any atom is -0.485 e. The number of halogens is 1. The lowest BCUT2D eigenvalue weighted by Gasteiger charge is -2.11. The van der Waals surface area contributed by atoms with Crippen LogP contribution in [-0.2, 0) is 6.61 Å². The predicted octanol–water partition coefficient (Wildman–Crippen LogP) is 2.90. The van der Waals surface area contributed by atoms with Crippen LogP contribution >= 0.6 is 11.6 Å². The predicted molar refractivity (Wildman–Crippen MR) is 71.6 cm³/mol. The Morgan fingerprint density at radius 2 is 2.26 bits per heavy atom. The van der Waals surface area contributed by atoms with Crippen molar-refractivity contribution in [2.45, 2.75) is 26.5 Å². The second-order valence-corrected chi connectivity index (χ2v) is 4.74. The topological polar surface area (TPSA) is 57.0 Å². The molecule has 0 bridgehead atoms. The van der Waals surface area contributed by atoms with Gasteiger partial charge in [0.2, 0.25) is 0 Å². The number of aromatic nitrogens is 3. The lowest BCUT2D eigenvalue weighted by Crippen LogP contribution is -2.11. The molecule has 0 aliphatic carbocycles. The Hall–Kier alpha value is -1.88. The summed E-state index contributed by atoms with van der Waals surface area (Å²) in [6.45, 7) is 4.27. The number of hydrogen-bond acceptors (Lipinski definition) is 4. The van der Waals surface area contributed by atoms with E-state index in [9.17, 15) is 4.79 Å². The highest BCUT2D eigenvalue weighted by Gasteiger charge is 2.10. The van der Waals surface area contributed by atoms with Crippen molar-refractivity contribution in [3.63, 3.8) is 0 Å². The summed E-state index contributed by atoms with van der Waals surface area (Å²) in [5.74, 6) is 1.19. The van der Waals surface area contributed by atoms with E-state index in [2.05, 4.69) is 10.1 Å². The van der Waals surface area contributed by atoms with E-state index in [-0.39, 0.29) is 12.6 Å². The van der Waals surface area contributed by atoms with Crippen molar-refractivity contribution >= 4 is 17.9 Å². The Morgan fingerprint density at radius 1 is 1.47 bits per heavy atom. The van der Waals surface area contributed by atoms with Gasteiger partial charge in [-0.3, -0.25) is 4.79 Å². The van der Waals surface area contributed by atoms with Crippen LogP contribution in [0.4, 0.5) is 0 Å². The monoisotopic (exact) mass is 279 g/mol. The third-order valence-electron chi connectivity index (χ3n) is 2.59. The van der Waals surface area contributed by atoms with Crippen molar-refractivity contribution in [2.24, 2.45) is 0 Å². The summed E-state index contributed by atoms with van der Waals surface area (Å²) in [7, 11) is 0. The largest absolute Gasteiger partial charge is 0.485 e. The molecule has 0 fully saturated rings. The van der Waals surface area contributed by atoms with Gasteiger partial charge in [0.1, 0.15) is 18.7 Å². The molecule has 1 heterocycles. The molecule has 5 nitrogen and oxygen atoms in total. The first-order valence-electron chi connectivity index (χ1n) is 5.87. The van der Waals surface area contributed by atoms with Crippen LogP contribution in [0.2, 0.25) is 5.02 Å². The number of aldehydes is 1. The van der Waals surface area contributed by atoms with Crippen LogP contribution in [0.25, 0.3) is 0 Å². The SMILES string of the molecule is CC(C)n1ncnc1COc1ccc(Cl)cc1C=O. The Labute approximate surface area is 116 Å². The van der Waals surface area contributed by atoms with Gasteiger partial charge in [-0.25, -0.2) is 9.67 Å². The van der Waals surface area contributed by atoms with Gasteiger partial charge in [-0.2, -0.15) is 5.10 Å². The fourth-order valence-corrected chi connectivity index (χ4v) is 1.87. The molecule has 0 radical (unpaired) electrons. The van der Waals surface area contributed by atoms with Gasteiger partial charge in [-0.1, -0.05) is 11.6 Å². The van der Waals surface area contributed by atoms with Gasteiger partial charge >= 0.3 is 0 Å². The molecule has 0 atom stereocenters. The second-order valence-electron chi connectivity index (χ2n) is 4.30. The van der Waals surface area contributed by atoms with Crippen molar-refractivity contribution in [1.29, 1.82) is 0 Å². The zero-order valence-electron chi connectivity index (χ0n) is 10.7. The second kappa shape index (κ2) is 5.84. The van der Waals surface area contributed by atoms with Crippen LogP contribution in [0.1, 0.15) is 36.1 Å². The van der Waals surface area contributed by atoms with Crippen LogP contribution < -0.4 is 4.74 Å². The lowest BCUT2D eigenvalue weighted by molar-refractivity contribution is 0.111. The number of ether oxygens (including phenoxy) is 1. The van der Waals surface area contributed by atoms with Crippen LogP contribution in [0.15, 0.2) is 24.5 Å². The van der Waals surface area contributed by atoms with E-state index in [1.165, 1.54) is 6.33 Å². The Bertz CT molecular complexity index is 581. The van der Waals surface area contributed by atoms with E-state index in [0.717, 1.165) is 0 Å². The average molecular weight is 280 g/mol. The molecule has 0 saturated heterocycles. The molecule has 2 aromatic rings. The van der Waals surface area contributed by atoms with Crippen LogP contribution in [-0.4, -0.2) is 21.1 Å². The highest BCUT2D eigenvalue weighted by atomic mass is 35.5. The van der Waals surface area contributed by atoms with Gasteiger partial charge in [-0.15, -0.1) is 0 Å². The Balaban J connectivity index is 2.14. The zero-order chi connectivity index (χ0) is 13.8. The molecule has 2 rings (SSSR count). The molecule has 0 aliphatic heterocycles. The first-order chi connectivity index (χ1) is 9.11. The summed E-state index contributed by atoms with van der Waals surface area (Å²) in [4.78, 5) is 15.1. The van der Waals surface area contributed by atoms with E-state index >= 15 is 0 Å². The summed E-state index contributed by atoms with van der Waals surface area (Å²) < 4.78 is 7.38. The third-order valence-corrected chi connectivity index (χ3v) is 2.83. The Morgan fingerprint density at radius 3 is 2.95 bits per heavy atom. The molecule has 0 saturated carbocycles. The Kier molecular flexibility index (Phi) is 4.16. The number of rotatable bonds is 5. The van der Waals surface area contributed by atoms with E-state index < -0.39 is 0 Å². The molecule has 100 valence electrons. The average Bonchev–Trinajstić information content (AvgIpc) is 2.85. The fourth-order valence-electron chi connectivity index (χ4n) is 1.69.